The number of alkyl halides is 3. The lowest BCUT2D eigenvalue weighted by Crippen LogP contribution is -2.31. The molecule has 0 spiro atoms. The number of ether oxygens (including phenoxy) is 2. The summed E-state index contributed by atoms with van der Waals surface area (Å²) in [7, 11) is 0. The minimum atomic E-state index is -4.56. The summed E-state index contributed by atoms with van der Waals surface area (Å²) in [5.41, 5.74) is 0.156. The van der Waals surface area contributed by atoms with Gasteiger partial charge in [-0.3, -0.25) is 9.69 Å². The third-order valence-electron chi connectivity index (χ3n) is 4.23. The van der Waals surface area contributed by atoms with Crippen molar-refractivity contribution in [1.82, 2.24) is 4.90 Å². The van der Waals surface area contributed by atoms with Crippen molar-refractivity contribution in [3.63, 3.8) is 0 Å². The minimum absolute atomic E-state index is 0.0340. The van der Waals surface area contributed by atoms with Gasteiger partial charge in [0.05, 0.1) is 30.9 Å². The van der Waals surface area contributed by atoms with E-state index < -0.39 is 23.7 Å². The molecule has 2 aromatic rings. The van der Waals surface area contributed by atoms with Crippen molar-refractivity contribution in [2.75, 3.05) is 19.8 Å². The summed E-state index contributed by atoms with van der Waals surface area (Å²) in [5, 5.41) is 0. The quantitative estimate of drug-likeness (QED) is 0.558. The van der Waals surface area contributed by atoms with Crippen LogP contribution in [0.1, 0.15) is 40.9 Å². The van der Waals surface area contributed by atoms with Crippen LogP contribution in [-0.2, 0) is 33.5 Å². The average Bonchev–Trinajstić information content (AvgIpc) is 2.68. The highest BCUT2D eigenvalue weighted by atomic mass is 19.4. The first-order valence-electron chi connectivity index (χ1n) is 9.53. The first-order valence-corrected chi connectivity index (χ1v) is 9.53. The lowest BCUT2D eigenvalue weighted by Gasteiger charge is -2.23. The van der Waals surface area contributed by atoms with Crippen molar-refractivity contribution in [2.24, 2.45) is 0 Å². The third kappa shape index (κ3) is 6.88. The second kappa shape index (κ2) is 10.8. The summed E-state index contributed by atoms with van der Waals surface area (Å²) in [5.74, 6) is -1.21. The van der Waals surface area contributed by atoms with E-state index in [0.717, 1.165) is 23.8 Å². The van der Waals surface area contributed by atoms with Crippen LogP contribution in [0.4, 0.5) is 13.2 Å². The lowest BCUT2D eigenvalue weighted by molar-refractivity contribution is -0.144. The molecule has 0 aliphatic rings. The standard InChI is InChI=1S/C22H24F3NO4/c1-3-29-20(27)15-26(13-16-8-6-5-7-9-16)14-17-12-18(22(23,24)25)10-11-19(17)21(28)30-4-2/h5-12H,3-4,13-15H2,1-2H3. The fourth-order valence-corrected chi connectivity index (χ4v) is 2.95. The van der Waals surface area contributed by atoms with Crippen LogP contribution in [0.5, 0.6) is 0 Å². The zero-order valence-electron chi connectivity index (χ0n) is 16.9. The van der Waals surface area contributed by atoms with Gasteiger partial charge in [-0.15, -0.1) is 0 Å². The maximum absolute atomic E-state index is 13.2. The van der Waals surface area contributed by atoms with Gasteiger partial charge in [-0.1, -0.05) is 30.3 Å². The monoisotopic (exact) mass is 423 g/mol. The van der Waals surface area contributed by atoms with Crippen LogP contribution < -0.4 is 0 Å². The number of carbonyl (C=O) groups is 2. The summed E-state index contributed by atoms with van der Waals surface area (Å²) in [6.07, 6.45) is -4.56. The highest BCUT2D eigenvalue weighted by Crippen LogP contribution is 2.31. The zero-order valence-corrected chi connectivity index (χ0v) is 16.9. The van der Waals surface area contributed by atoms with Crippen LogP contribution in [0.3, 0.4) is 0 Å². The van der Waals surface area contributed by atoms with Gasteiger partial charge in [-0.2, -0.15) is 13.2 Å². The first-order chi connectivity index (χ1) is 14.2. The van der Waals surface area contributed by atoms with E-state index in [1.54, 1.807) is 18.7 Å². The summed E-state index contributed by atoms with van der Waals surface area (Å²) >= 11 is 0. The predicted molar refractivity (Wildman–Crippen MR) is 105 cm³/mol. The lowest BCUT2D eigenvalue weighted by atomic mass is 10.0. The SMILES string of the molecule is CCOC(=O)CN(Cc1ccccc1)Cc1cc(C(F)(F)F)ccc1C(=O)OCC. The number of esters is 2. The van der Waals surface area contributed by atoms with Gasteiger partial charge < -0.3 is 9.47 Å². The molecule has 0 saturated carbocycles. The number of nitrogens with zero attached hydrogens (tertiary/aromatic N) is 1. The Morgan fingerprint density at radius 2 is 1.60 bits per heavy atom. The van der Waals surface area contributed by atoms with Crippen molar-refractivity contribution in [2.45, 2.75) is 33.1 Å². The number of hydrogen-bond acceptors (Lipinski definition) is 5. The van der Waals surface area contributed by atoms with Gasteiger partial charge in [-0.25, -0.2) is 4.79 Å². The molecule has 2 aromatic carbocycles. The van der Waals surface area contributed by atoms with Crippen LogP contribution in [0.25, 0.3) is 0 Å². The van der Waals surface area contributed by atoms with Crippen LogP contribution in [0.2, 0.25) is 0 Å². The highest BCUT2D eigenvalue weighted by Gasteiger charge is 2.32. The summed E-state index contributed by atoms with van der Waals surface area (Å²) < 4.78 is 49.7. The smallest absolute Gasteiger partial charge is 0.416 e. The van der Waals surface area contributed by atoms with E-state index in [0.29, 0.717) is 0 Å². The number of halogens is 3. The van der Waals surface area contributed by atoms with Crippen LogP contribution in [0, 0.1) is 0 Å². The maximum atomic E-state index is 13.2. The summed E-state index contributed by atoms with van der Waals surface area (Å²) in [6.45, 7) is 3.66. The fraction of sp³-hybridized carbons (Fsp3) is 0.364. The summed E-state index contributed by atoms with van der Waals surface area (Å²) in [4.78, 5) is 26.0. The number of hydrogen-bond donors (Lipinski definition) is 0. The maximum Gasteiger partial charge on any atom is 0.416 e. The average molecular weight is 423 g/mol. The van der Waals surface area contributed by atoms with Gasteiger partial charge >= 0.3 is 18.1 Å². The molecule has 30 heavy (non-hydrogen) atoms. The molecule has 0 N–H and O–H groups in total. The second-order valence-electron chi connectivity index (χ2n) is 6.53. The van der Waals surface area contributed by atoms with E-state index in [1.807, 2.05) is 30.3 Å². The topological polar surface area (TPSA) is 55.8 Å². The molecule has 8 heteroatoms. The van der Waals surface area contributed by atoms with Crippen molar-refractivity contribution < 1.29 is 32.2 Å². The van der Waals surface area contributed by atoms with Crippen LogP contribution in [-0.4, -0.2) is 36.6 Å². The molecule has 0 saturated heterocycles. The van der Waals surface area contributed by atoms with Gasteiger partial charge in [-0.05, 0) is 43.2 Å². The van der Waals surface area contributed by atoms with E-state index >= 15 is 0 Å². The number of rotatable bonds is 9. The molecule has 0 amide bonds. The number of carbonyl (C=O) groups excluding carboxylic acids is 2. The Labute approximate surface area is 173 Å². The summed E-state index contributed by atoms with van der Waals surface area (Å²) in [6, 6.07) is 12.1. The van der Waals surface area contributed by atoms with Crippen molar-refractivity contribution in [1.29, 1.82) is 0 Å². The van der Waals surface area contributed by atoms with Crippen molar-refractivity contribution in [3.8, 4) is 0 Å². The second-order valence-corrected chi connectivity index (χ2v) is 6.53. The third-order valence-corrected chi connectivity index (χ3v) is 4.23. The molecule has 0 aliphatic heterocycles. The molecule has 0 bridgehead atoms. The Kier molecular flexibility index (Phi) is 8.41. The molecule has 162 valence electrons. The van der Waals surface area contributed by atoms with Crippen LogP contribution >= 0.6 is 0 Å². The Hall–Kier alpha value is -2.87. The van der Waals surface area contributed by atoms with Crippen molar-refractivity contribution in [3.05, 3.63) is 70.8 Å². The normalized spacial score (nSPS) is 11.4. The predicted octanol–water partition coefficient (Wildman–Crippen LogP) is 4.45. The van der Waals surface area contributed by atoms with E-state index in [4.69, 9.17) is 9.47 Å². The fourth-order valence-electron chi connectivity index (χ4n) is 2.95. The first kappa shape index (κ1) is 23.4. The zero-order chi connectivity index (χ0) is 22.1. The minimum Gasteiger partial charge on any atom is -0.465 e. The van der Waals surface area contributed by atoms with Gasteiger partial charge in [0.1, 0.15) is 0 Å². The van der Waals surface area contributed by atoms with E-state index in [2.05, 4.69) is 0 Å². The Bertz CT molecular complexity index is 853. The van der Waals surface area contributed by atoms with Crippen LogP contribution in [0.15, 0.2) is 48.5 Å². The van der Waals surface area contributed by atoms with E-state index in [9.17, 15) is 22.8 Å². The Balaban J connectivity index is 2.39. The highest BCUT2D eigenvalue weighted by molar-refractivity contribution is 5.91. The largest absolute Gasteiger partial charge is 0.465 e. The van der Waals surface area contributed by atoms with Gasteiger partial charge in [0.25, 0.3) is 0 Å². The van der Waals surface area contributed by atoms with Crippen molar-refractivity contribution >= 4 is 11.9 Å². The van der Waals surface area contributed by atoms with Gasteiger partial charge in [0, 0.05) is 13.1 Å². The molecule has 5 nitrogen and oxygen atoms in total. The molecule has 0 heterocycles. The molecule has 0 aromatic heterocycles. The molecule has 0 aliphatic carbocycles. The Morgan fingerprint density at radius 1 is 0.933 bits per heavy atom. The van der Waals surface area contributed by atoms with Gasteiger partial charge in [0.2, 0.25) is 0 Å². The van der Waals surface area contributed by atoms with Gasteiger partial charge in [0.15, 0.2) is 0 Å². The molecule has 0 radical (unpaired) electrons. The molecular formula is C22H24F3NO4. The molecule has 0 fully saturated rings. The molecule has 0 atom stereocenters. The van der Waals surface area contributed by atoms with E-state index in [-0.39, 0.29) is 44.0 Å². The van der Waals surface area contributed by atoms with E-state index in [1.165, 1.54) is 0 Å². The molecule has 2 rings (SSSR count). The molecular weight excluding hydrogens is 399 g/mol. The number of benzene rings is 2. The Morgan fingerprint density at radius 3 is 2.20 bits per heavy atom. The molecule has 0 unspecified atom stereocenters.